The van der Waals surface area contributed by atoms with Crippen molar-refractivity contribution in [2.75, 3.05) is 4.90 Å². The van der Waals surface area contributed by atoms with Crippen molar-refractivity contribution in [1.29, 1.82) is 0 Å². The third-order valence-electron chi connectivity index (χ3n) is 3.88. The van der Waals surface area contributed by atoms with Crippen LogP contribution in [0.4, 0.5) is 5.69 Å². The lowest BCUT2D eigenvalue weighted by atomic mass is 9.99. The molecular formula is C15H15N4+. The predicted octanol–water partition coefficient (Wildman–Crippen LogP) is 1.23. The maximum atomic E-state index is 5.82. The Morgan fingerprint density at radius 2 is 1.63 bits per heavy atom. The van der Waals surface area contributed by atoms with E-state index in [1.807, 2.05) is 6.07 Å². The van der Waals surface area contributed by atoms with Crippen LogP contribution in [-0.4, -0.2) is 11.9 Å². The van der Waals surface area contributed by atoms with E-state index < -0.39 is 0 Å². The predicted molar refractivity (Wildman–Crippen MR) is 78.9 cm³/mol. The Labute approximate surface area is 111 Å². The van der Waals surface area contributed by atoms with E-state index in [0.29, 0.717) is 11.9 Å². The minimum Gasteiger partial charge on any atom is -0.308 e. The molecule has 0 unspecified atom stereocenters. The summed E-state index contributed by atoms with van der Waals surface area (Å²) >= 11 is 0. The molecule has 2 aromatic rings. The molecular weight excluding hydrogens is 236 g/mol. The molecule has 4 rings (SSSR count). The summed E-state index contributed by atoms with van der Waals surface area (Å²) in [5.41, 5.74) is 14.1. The zero-order valence-electron chi connectivity index (χ0n) is 10.5. The van der Waals surface area contributed by atoms with Crippen molar-refractivity contribution in [3.8, 4) is 0 Å². The Balaban J connectivity index is 1.94. The Bertz CT molecular complexity index is 738. The molecule has 0 radical (unpaired) electrons. The van der Waals surface area contributed by atoms with Crippen molar-refractivity contribution >= 4 is 28.4 Å². The van der Waals surface area contributed by atoms with Gasteiger partial charge in [-0.2, -0.15) is 4.90 Å². The van der Waals surface area contributed by atoms with E-state index in [1.165, 1.54) is 29.2 Å². The third-order valence-corrected chi connectivity index (χ3v) is 3.88. The van der Waals surface area contributed by atoms with Gasteiger partial charge in [0.1, 0.15) is 0 Å². The van der Waals surface area contributed by atoms with E-state index in [9.17, 15) is 0 Å². The fourth-order valence-electron chi connectivity index (χ4n) is 2.79. The van der Waals surface area contributed by atoms with Crippen LogP contribution in [0.25, 0.3) is 10.8 Å². The largest absolute Gasteiger partial charge is 0.383 e. The molecule has 2 aliphatic rings. The lowest BCUT2D eigenvalue weighted by Crippen LogP contribution is -2.57. The van der Waals surface area contributed by atoms with E-state index >= 15 is 0 Å². The molecule has 1 heterocycles. The first kappa shape index (κ1) is 10.5. The molecule has 0 aromatic heterocycles. The van der Waals surface area contributed by atoms with Gasteiger partial charge >= 0.3 is 11.9 Å². The molecule has 2 aromatic carbocycles. The van der Waals surface area contributed by atoms with E-state index in [1.54, 1.807) is 4.90 Å². The lowest BCUT2D eigenvalue weighted by molar-refractivity contribution is 1.15. The van der Waals surface area contributed by atoms with Gasteiger partial charge in [-0.25, -0.2) is 4.67 Å². The maximum absolute atomic E-state index is 5.82. The molecule has 0 amide bonds. The fourth-order valence-corrected chi connectivity index (χ4v) is 2.79. The molecule has 1 aliphatic heterocycles. The number of hydrogen-bond donors (Lipinski definition) is 2. The smallest absolute Gasteiger partial charge is 0.308 e. The van der Waals surface area contributed by atoms with E-state index in [2.05, 4.69) is 35.0 Å². The number of rotatable bonds is 2. The van der Waals surface area contributed by atoms with E-state index in [0.717, 1.165) is 11.6 Å². The molecule has 0 spiro atoms. The number of nitrogens with two attached hydrogens (primary N) is 2. The Kier molecular flexibility index (Phi) is 1.94. The minimum atomic E-state index is 0.460. The van der Waals surface area contributed by atoms with Crippen LogP contribution >= 0.6 is 0 Å². The molecule has 1 fully saturated rings. The van der Waals surface area contributed by atoms with Crippen LogP contribution < -0.4 is 21.0 Å². The SMILES string of the molecule is NC1=[N+]=C(N)N1c1ccc(C2CC2)c2ccccc12. The number of fused-ring (bicyclic) bond motifs is 1. The van der Waals surface area contributed by atoms with Gasteiger partial charge in [-0.3, -0.25) is 0 Å². The Hall–Kier alpha value is -2.45. The number of hydrogen-bond acceptors (Lipinski definition) is 3. The molecule has 0 saturated heterocycles. The number of nitrogens with zero attached hydrogens (tertiary/aromatic N) is 2. The summed E-state index contributed by atoms with van der Waals surface area (Å²) in [5.74, 6) is 1.64. The zero-order valence-corrected chi connectivity index (χ0v) is 10.5. The van der Waals surface area contributed by atoms with E-state index in [-0.39, 0.29) is 0 Å². The molecule has 94 valence electrons. The summed E-state index contributed by atoms with van der Waals surface area (Å²) < 4.78 is 3.97. The summed E-state index contributed by atoms with van der Waals surface area (Å²) in [7, 11) is 0. The van der Waals surface area contributed by atoms with Crippen LogP contribution in [0.5, 0.6) is 0 Å². The van der Waals surface area contributed by atoms with Gasteiger partial charge in [0, 0.05) is 5.39 Å². The topological polar surface area (TPSA) is 69.4 Å². The summed E-state index contributed by atoms with van der Waals surface area (Å²) in [6, 6.07) is 12.7. The van der Waals surface area contributed by atoms with Gasteiger partial charge < -0.3 is 11.5 Å². The van der Waals surface area contributed by atoms with Gasteiger partial charge in [0.05, 0.1) is 5.69 Å². The second-order valence-corrected chi connectivity index (χ2v) is 5.16. The highest BCUT2D eigenvalue weighted by atomic mass is 15.4. The van der Waals surface area contributed by atoms with Crippen molar-refractivity contribution in [3.05, 3.63) is 42.0 Å². The first-order chi connectivity index (χ1) is 9.25. The highest BCUT2D eigenvalue weighted by molar-refractivity contribution is 6.25. The molecule has 1 aliphatic carbocycles. The normalized spacial score (nSPS) is 18.0. The van der Waals surface area contributed by atoms with Gasteiger partial charge in [0.25, 0.3) is 0 Å². The summed E-state index contributed by atoms with van der Waals surface area (Å²) in [5, 5.41) is 2.49. The molecule has 4 N–H and O–H groups in total. The molecule has 0 bridgehead atoms. The first-order valence-electron chi connectivity index (χ1n) is 6.54. The number of benzene rings is 2. The van der Waals surface area contributed by atoms with Gasteiger partial charge in [0.15, 0.2) is 0 Å². The molecule has 1 saturated carbocycles. The Morgan fingerprint density at radius 3 is 2.26 bits per heavy atom. The maximum Gasteiger partial charge on any atom is 0.383 e. The summed E-state index contributed by atoms with van der Waals surface area (Å²) in [6.45, 7) is 0. The van der Waals surface area contributed by atoms with Crippen LogP contribution in [0.3, 0.4) is 0 Å². The van der Waals surface area contributed by atoms with Crippen molar-refractivity contribution in [1.82, 2.24) is 4.67 Å². The molecule has 4 nitrogen and oxygen atoms in total. The second kappa shape index (κ2) is 3.53. The molecule has 4 heteroatoms. The van der Waals surface area contributed by atoms with Crippen LogP contribution in [-0.2, 0) is 0 Å². The first-order valence-corrected chi connectivity index (χ1v) is 6.54. The standard InChI is InChI=1S/C15H14N4/c16-14-18-15(17)19(14)13-8-7-10(9-5-6-9)11-3-1-2-4-12(11)13/h1-4,7-9H,5-6H2,(H3,16,17,18)/p+1. The average molecular weight is 251 g/mol. The monoisotopic (exact) mass is 251 g/mol. The molecule has 0 atom stereocenters. The number of anilines is 1. The minimum absolute atomic E-state index is 0.460. The van der Waals surface area contributed by atoms with Crippen molar-refractivity contribution in [2.24, 2.45) is 11.5 Å². The quantitative estimate of drug-likeness (QED) is 0.789. The third kappa shape index (κ3) is 1.44. The second-order valence-electron chi connectivity index (χ2n) is 5.16. The zero-order chi connectivity index (χ0) is 13.0. The fraction of sp³-hybridized carbons (Fsp3) is 0.200. The van der Waals surface area contributed by atoms with Gasteiger partial charge in [-0.15, -0.1) is 0 Å². The summed E-state index contributed by atoms with van der Waals surface area (Å²) in [6.07, 6.45) is 2.59. The van der Waals surface area contributed by atoms with Crippen molar-refractivity contribution in [2.45, 2.75) is 18.8 Å². The van der Waals surface area contributed by atoms with E-state index in [4.69, 9.17) is 11.5 Å². The van der Waals surface area contributed by atoms with Crippen molar-refractivity contribution in [3.63, 3.8) is 0 Å². The number of guanidine groups is 2. The highest BCUT2D eigenvalue weighted by Crippen LogP contribution is 2.44. The lowest BCUT2D eigenvalue weighted by Gasteiger charge is -2.20. The highest BCUT2D eigenvalue weighted by Gasteiger charge is 2.33. The van der Waals surface area contributed by atoms with Crippen LogP contribution in [0.15, 0.2) is 36.4 Å². The van der Waals surface area contributed by atoms with Crippen LogP contribution in [0.2, 0.25) is 0 Å². The molecule has 19 heavy (non-hydrogen) atoms. The summed E-state index contributed by atoms with van der Waals surface area (Å²) in [4.78, 5) is 1.80. The van der Waals surface area contributed by atoms with Crippen LogP contribution in [0.1, 0.15) is 24.3 Å². The average Bonchev–Trinajstić information content (AvgIpc) is 3.23. The van der Waals surface area contributed by atoms with Crippen LogP contribution in [0, 0.1) is 0 Å². The van der Waals surface area contributed by atoms with Gasteiger partial charge in [0.2, 0.25) is 0 Å². The Morgan fingerprint density at radius 1 is 0.947 bits per heavy atom. The van der Waals surface area contributed by atoms with Crippen molar-refractivity contribution < 1.29 is 0 Å². The van der Waals surface area contributed by atoms with Gasteiger partial charge in [-0.05, 0) is 35.8 Å². The van der Waals surface area contributed by atoms with Gasteiger partial charge in [-0.1, -0.05) is 30.3 Å².